The maximum absolute atomic E-state index is 12.3. The zero-order valence-corrected chi connectivity index (χ0v) is 17.7. The summed E-state index contributed by atoms with van der Waals surface area (Å²) in [7, 11) is 0. The van der Waals surface area contributed by atoms with Crippen LogP contribution < -0.4 is 15.8 Å². The molecule has 1 aliphatic rings. The lowest BCUT2D eigenvalue weighted by atomic mass is 10.2. The van der Waals surface area contributed by atoms with Crippen molar-refractivity contribution in [3.8, 4) is 5.75 Å². The van der Waals surface area contributed by atoms with Crippen LogP contribution in [-0.2, 0) is 16.1 Å². The minimum absolute atomic E-state index is 0.0199. The summed E-state index contributed by atoms with van der Waals surface area (Å²) in [6.45, 7) is 5.34. The molecule has 3 N–H and O–H groups in total. The van der Waals surface area contributed by atoms with E-state index in [1.54, 1.807) is 12.1 Å². The molecule has 7 heteroatoms. The number of carbonyl (C=O) groups is 2. The maximum atomic E-state index is 12.3. The fourth-order valence-corrected chi connectivity index (χ4v) is 3.35. The summed E-state index contributed by atoms with van der Waals surface area (Å²) in [6, 6.07) is 17.5. The number of nitrogens with one attached hydrogen (secondary N) is 1. The molecule has 1 fully saturated rings. The monoisotopic (exact) mass is 422 g/mol. The molecule has 1 heterocycles. The second-order valence-electron chi connectivity index (χ2n) is 7.57. The second-order valence-corrected chi connectivity index (χ2v) is 7.57. The van der Waals surface area contributed by atoms with Crippen LogP contribution in [0, 0.1) is 0 Å². The van der Waals surface area contributed by atoms with E-state index in [1.165, 1.54) is 5.56 Å². The largest absolute Gasteiger partial charge is 0.484 e. The Balaban J connectivity index is 1.31. The molecule has 2 amide bonds. The molecule has 0 aliphatic carbocycles. The highest BCUT2D eigenvalue weighted by molar-refractivity contribution is 5.78. The van der Waals surface area contributed by atoms with E-state index < -0.39 is 5.91 Å². The van der Waals surface area contributed by atoms with Crippen molar-refractivity contribution in [2.45, 2.75) is 6.54 Å². The lowest BCUT2D eigenvalue weighted by Crippen LogP contribution is -2.49. The number of nitrogens with zero attached hydrogens (tertiary/aromatic N) is 2. The lowest BCUT2D eigenvalue weighted by Gasteiger charge is -2.33. The molecule has 7 nitrogen and oxygen atoms in total. The summed E-state index contributed by atoms with van der Waals surface area (Å²) < 4.78 is 5.23. The van der Waals surface area contributed by atoms with E-state index in [2.05, 4.69) is 39.4 Å². The Bertz CT molecular complexity index is 860. The number of primary amides is 1. The number of nitrogens with two attached hydrogens (primary N) is 1. The Morgan fingerprint density at radius 2 is 1.65 bits per heavy atom. The first-order chi connectivity index (χ1) is 15.1. The topological polar surface area (TPSA) is 87.9 Å². The predicted molar refractivity (Wildman–Crippen MR) is 121 cm³/mol. The molecule has 0 atom stereocenters. The third-order valence-corrected chi connectivity index (χ3v) is 5.10. The van der Waals surface area contributed by atoms with Gasteiger partial charge in [0.25, 0.3) is 5.91 Å². The number of benzene rings is 2. The third-order valence-electron chi connectivity index (χ3n) is 5.10. The molecule has 2 aromatic carbocycles. The van der Waals surface area contributed by atoms with Gasteiger partial charge in [-0.05, 0) is 23.3 Å². The van der Waals surface area contributed by atoms with Gasteiger partial charge in [0.1, 0.15) is 5.75 Å². The number of hydrogen-bond acceptors (Lipinski definition) is 5. The van der Waals surface area contributed by atoms with Crippen LogP contribution in [0.15, 0.2) is 60.7 Å². The summed E-state index contributed by atoms with van der Waals surface area (Å²) in [4.78, 5) is 27.6. The van der Waals surface area contributed by atoms with Gasteiger partial charge in [0, 0.05) is 39.3 Å². The van der Waals surface area contributed by atoms with Gasteiger partial charge in [-0.15, -0.1) is 0 Å². The van der Waals surface area contributed by atoms with Crippen LogP contribution in [0.3, 0.4) is 0 Å². The molecule has 0 saturated carbocycles. The van der Waals surface area contributed by atoms with Crippen molar-refractivity contribution in [1.29, 1.82) is 0 Å². The Labute approximate surface area is 183 Å². The van der Waals surface area contributed by atoms with Crippen molar-refractivity contribution in [1.82, 2.24) is 15.1 Å². The molecule has 0 bridgehead atoms. The van der Waals surface area contributed by atoms with Gasteiger partial charge in [0.05, 0.1) is 6.54 Å². The van der Waals surface area contributed by atoms with Gasteiger partial charge in [0.2, 0.25) is 5.91 Å². The zero-order valence-electron chi connectivity index (χ0n) is 17.7. The fraction of sp³-hybridized carbons (Fsp3) is 0.333. The van der Waals surface area contributed by atoms with Crippen LogP contribution in [0.5, 0.6) is 5.75 Å². The average Bonchev–Trinajstić information content (AvgIpc) is 2.79. The molecule has 1 saturated heterocycles. The fourth-order valence-electron chi connectivity index (χ4n) is 3.35. The standard InChI is InChI=1S/C24H30N4O3/c25-23(29)19-31-22-10-8-21(9-11-22)17-26-24(30)18-28-15-13-27(14-16-28)12-4-7-20-5-2-1-3-6-20/h1-11H,12-19H2,(H2,25,29)(H,26,30)/b7-4+. The Hall–Kier alpha value is -3.16. The van der Waals surface area contributed by atoms with E-state index in [-0.39, 0.29) is 12.5 Å². The summed E-state index contributed by atoms with van der Waals surface area (Å²) in [5, 5.41) is 2.96. The predicted octanol–water partition coefficient (Wildman–Crippen LogP) is 1.50. The number of carbonyl (C=O) groups excluding carboxylic acids is 2. The summed E-state index contributed by atoms with van der Waals surface area (Å²) in [5.74, 6) is 0.0812. The third kappa shape index (κ3) is 8.24. The average molecular weight is 423 g/mol. The zero-order chi connectivity index (χ0) is 21.9. The molecule has 0 spiro atoms. The van der Waals surface area contributed by atoms with E-state index in [0.717, 1.165) is 38.3 Å². The van der Waals surface area contributed by atoms with Gasteiger partial charge >= 0.3 is 0 Å². The van der Waals surface area contributed by atoms with Crippen LogP contribution in [0.2, 0.25) is 0 Å². The smallest absolute Gasteiger partial charge is 0.255 e. The van der Waals surface area contributed by atoms with E-state index >= 15 is 0 Å². The van der Waals surface area contributed by atoms with Gasteiger partial charge < -0.3 is 15.8 Å². The molecular formula is C24H30N4O3. The number of rotatable bonds is 10. The summed E-state index contributed by atoms with van der Waals surface area (Å²) >= 11 is 0. The molecule has 31 heavy (non-hydrogen) atoms. The van der Waals surface area contributed by atoms with Crippen molar-refractivity contribution in [2.75, 3.05) is 45.9 Å². The first-order valence-corrected chi connectivity index (χ1v) is 10.5. The lowest BCUT2D eigenvalue weighted by molar-refractivity contribution is -0.123. The molecule has 164 valence electrons. The van der Waals surface area contributed by atoms with E-state index in [1.807, 2.05) is 30.3 Å². The van der Waals surface area contributed by atoms with Gasteiger partial charge in [-0.3, -0.25) is 19.4 Å². The molecule has 0 aromatic heterocycles. The first-order valence-electron chi connectivity index (χ1n) is 10.5. The molecule has 0 radical (unpaired) electrons. The Morgan fingerprint density at radius 3 is 2.32 bits per heavy atom. The van der Waals surface area contributed by atoms with E-state index in [4.69, 9.17) is 10.5 Å². The molecule has 1 aliphatic heterocycles. The van der Waals surface area contributed by atoms with Gasteiger partial charge in [0.15, 0.2) is 6.61 Å². The molecule has 3 rings (SSSR count). The van der Waals surface area contributed by atoms with Gasteiger partial charge in [-0.1, -0.05) is 54.6 Å². The van der Waals surface area contributed by atoms with Crippen LogP contribution in [0.4, 0.5) is 0 Å². The summed E-state index contributed by atoms with van der Waals surface area (Å²) in [6.07, 6.45) is 4.35. The first kappa shape index (κ1) is 22.5. The Morgan fingerprint density at radius 1 is 0.968 bits per heavy atom. The molecular weight excluding hydrogens is 392 g/mol. The van der Waals surface area contributed by atoms with E-state index in [9.17, 15) is 9.59 Å². The van der Waals surface area contributed by atoms with Crippen LogP contribution in [0.1, 0.15) is 11.1 Å². The van der Waals surface area contributed by atoms with Crippen LogP contribution in [0.25, 0.3) is 6.08 Å². The number of piperazine rings is 1. The quantitative estimate of drug-likeness (QED) is 0.606. The minimum Gasteiger partial charge on any atom is -0.484 e. The van der Waals surface area contributed by atoms with Crippen molar-refractivity contribution >= 4 is 17.9 Å². The van der Waals surface area contributed by atoms with Crippen LogP contribution >= 0.6 is 0 Å². The second kappa shape index (κ2) is 11.9. The summed E-state index contributed by atoms with van der Waals surface area (Å²) in [5.41, 5.74) is 7.24. The highest BCUT2D eigenvalue weighted by atomic mass is 16.5. The normalized spacial score (nSPS) is 15.1. The van der Waals surface area contributed by atoms with Crippen LogP contribution in [-0.4, -0.2) is 67.5 Å². The van der Waals surface area contributed by atoms with Crippen molar-refractivity contribution in [3.63, 3.8) is 0 Å². The number of ether oxygens (including phenoxy) is 1. The van der Waals surface area contributed by atoms with Gasteiger partial charge in [-0.25, -0.2) is 0 Å². The molecule has 0 unspecified atom stereocenters. The highest BCUT2D eigenvalue weighted by Gasteiger charge is 2.18. The van der Waals surface area contributed by atoms with Crippen molar-refractivity contribution in [3.05, 3.63) is 71.8 Å². The minimum atomic E-state index is -0.513. The molecule has 2 aromatic rings. The number of amides is 2. The Kier molecular flexibility index (Phi) is 8.63. The maximum Gasteiger partial charge on any atom is 0.255 e. The number of hydrogen-bond donors (Lipinski definition) is 2. The highest BCUT2D eigenvalue weighted by Crippen LogP contribution is 2.12. The van der Waals surface area contributed by atoms with E-state index in [0.29, 0.717) is 18.8 Å². The SMILES string of the molecule is NC(=O)COc1ccc(CNC(=O)CN2CCN(C/C=C/c3ccccc3)CC2)cc1. The van der Waals surface area contributed by atoms with Crippen molar-refractivity contribution in [2.24, 2.45) is 5.73 Å². The van der Waals surface area contributed by atoms with Gasteiger partial charge in [-0.2, -0.15) is 0 Å². The van der Waals surface area contributed by atoms with Crippen molar-refractivity contribution < 1.29 is 14.3 Å².